The Balaban J connectivity index is 1.74. The van der Waals surface area contributed by atoms with E-state index < -0.39 is 23.5 Å². The molecule has 4 rings (SSSR count). The molecule has 0 bridgehead atoms. The fraction of sp³-hybridized carbons (Fsp3) is 0.320. The molecular weight excluding hydrogens is 512 g/mol. The van der Waals surface area contributed by atoms with E-state index in [1.807, 2.05) is 18.7 Å². The normalized spacial score (nSPS) is 12.1. The average molecular weight is 538 g/mol. The molecule has 0 fully saturated rings. The van der Waals surface area contributed by atoms with Crippen LogP contribution >= 0.6 is 0 Å². The Morgan fingerprint density at radius 2 is 1.32 bits per heavy atom. The van der Waals surface area contributed by atoms with Crippen LogP contribution in [0.25, 0.3) is 11.2 Å². The van der Waals surface area contributed by atoms with Gasteiger partial charge in [0.1, 0.15) is 0 Å². The van der Waals surface area contributed by atoms with Gasteiger partial charge in [-0.25, -0.2) is 4.98 Å². The minimum absolute atomic E-state index is 0.0401. The first-order valence-electron chi connectivity index (χ1n) is 11.9. The number of H-pyrrole nitrogens is 1. The molecule has 0 atom stereocenters. The lowest BCUT2D eigenvalue weighted by molar-refractivity contribution is -0.138. The molecule has 0 aliphatic heterocycles. The monoisotopic (exact) mass is 537 g/mol. The van der Waals surface area contributed by atoms with Crippen molar-refractivity contribution in [2.45, 2.75) is 39.0 Å². The number of halogens is 6. The predicted molar refractivity (Wildman–Crippen MR) is 134 cm³/mol. The van der Waals surface area contributed by atoms with Crippen molar-refractivity contribution in [2.24, 2.45) is 0 Å². The zero-order valence-corrected chi connectivity index (χ0v) is 20.5. The molecule has 3 N–H and O–H groups in total. The molecule has 0 saturated heterocycles. The third-order valence-electron chi connectivity index (χ3n) is 5.51. The quantitative estimate of drug-likeness (QED) is 0.192. The average Bonchev–Trinajstić information content (AvgIpc) is 3.25. The zero-order valence-electron chi connectivity index (χ0n) is 20.5. The highest BCUT2D eigenvalue weighted by Crippen LogP contribution is 2.33. The van der Waals surface area contributed by atoms with E-state index in [-0.39, 0.29) is 28.9 Å². The van der Waals surface area contributed by atoms with Gasteiger partial charge in [0.2, 0.25) is 11.9 Å². The number of fused-ring (bicyclic) bond motifs is 1. The second-order valence-electron chi connectivity index (χ2n) is 8.55. The Bertz CT molecular complexity index is 1390. The van der Waals surface area contributed by atoms with Crippen LogP contribution in [0.5, 0.6) is 0 Å². The summed E-state index contributed by atoms with van der Waals surface area (Å²) in [5.41, 5.74) is -0.702. The van der Waals surface area contributed by atoms with Crippen molar-refractivity contribution in [1.82, 2.24) is 19.9 Å². The highest BCUT2D eigenvalue weighted by atomic mass is 19.4. The molecule has 0 amide bonds. The number of rotatable bonds is 9. The van der Waals surface area contributed by atoms with E-state index in [0.29, 0.717) is 24.4 Å². The van der Waals surface area contributed by atoms with Crippen molar-refractivity contribution in [2.75, 3.05) is 28.6 Å². The third-order valence-corrected chi connectivity index (χ3v) is 5.51. The smallest absolute Gasteiger partial charge is 0.355 e. The van der Waals surface area contributed by atoms with Crippen LogP contribution in [0.15, 0.2) is 48.5 Å². The second kappa shape index (κ2) is 10.8. The van der Waals surface area contributed by atoms with Crippen molar-refractivity contribution < 1.29 is 26.3 Å². The van der Waals surface area contributed by atoms with E-state index in [1.54, 1.807) is 0 Å². The van der Waals surface area contributed by atoms with Crippen molar-refractivity contribution in [3.63, 3.8) is 0 Å². The number of nitrogens with zero attached hydrogens (tertiary/aromatic N) is 4. The standard InChI is InChI=1S/C25H25F6N7/c1-3-11-38(12-4-2)21-19-20(35-22(34-19)32-17-9-5-7-15(13-17)24(26,27)28)36-23(37-21)33-18-10-6-8-16(14-18)25(29,30)31/h5-10,13-14H,3-4,11-12H2,1-2H3,(H3,32,33,34,35,36,37). The number of hydrogen-bond donors (Lipinski definition) is 3. The lowest BCUT2D eigenvalue weighted by atomic mass is 10.2. The van der Waals surface area contributed by atoms with E-state index in [4.69, 9.17) is 0 Å². The summed E-state index contributed by atoms with van der Waals surface area (Å²) in [5, 5.41) is 5.66. The molecule has 38 heavy (non-hydrogen) atoms. The lowest BCUT2D eigenvalue weighted by Gasteiger charge is -2.23. The molecule has 4 aromatic rings. The summed E-state index contributed by atoms with van der Waals surface area (Å²) in [4.78, 5) is 18.3. The number of aromatic amines is 1. The van der Waals surface area contributed by atoms with E-state index in [0.717, 1.165) is 37.1 Å². The molecule has 0 unspecified atom stereocenters. The summed E-state index contributed by atoms with van der Waals surface area (Å²) in [7, 11) is 0. The Morgan fingerprint density at radius 3 is 1.84 bits per heavy atom. The first-order chi connectivity index (χ1) is 18.0. The van der Waals surface area contributed by atoms with E-state index in [1.165, 1.54) is 24.3 Å². The summed E-state index contributed by atoms with van der Waals surface area (Å²) >= 11 is 0. The van der Waals surface area contributed by atoms with Crippen molar-refractivity contribution in [1.29, 1.82) is 0 Å². The molecule has 7 nitrogen and oxygen atoms in total. The molecule has 202 valence electrons. The number of hydrogen-bond acceptors (Lipinski definition) is 6. The van der Waals surface area contributed by atoms with Crippen LogP contribution in [0.3, 0.4) is 0 Å². The van der Waals surface area contributed by atoms with Crippen LogP contribution in [-0.4, -0.2) is 33.0 Å². The number of anilines is 5. The van der Waals surface area contributed by atoms with Gasteiger partial charge in [-0.05, 0) is 49.2 Å². The van der Waals surface area contributed by atoms with E-state index >= 15 is 0 Å². The lowest BCUT2D eigenvalue weighted by Crippen LogP contribution is -2.26. The largest absolute Gasteiger partial charge is 0.416 e. The Kier molecular flexibility index (Phi) is 7.65. The van der Waals surface area contributed by atoms with Gasteiger partial charge in [-0.3, -0.25) is 0 Å². The Labute approximate surface area is 214 Å². The molecule has 0 aliphatic rings. The van der Waals surface area contributed by atoms with E-state index in [9.17, 15) is 26.3 Å². The topological polar surface area (TPSA) is 81.8 Å². The maximum absolute atomic E-state index is 13.2. The third kappa shape index (κ3) is 6.26. The van der Waals surface area contributed by atoms with Crippen LogP contribution in [0.1, 0.15) is 37.8 Å². The number of imidazole rings is 1. The number of nitrogens with one attached hydrogen (secondary N) is 3. The fourth-order valence-electron chi connectivity index (χ4n) is 3.90. The minimum atomic E-state index is -4.51. The number of alkyl halides is 6. The van der Waals surface area contributed by atoms with E-state index in [2.05, 4.69) is 30.6 Å². The van der Waals surface area contributed by atoms with Crippen LogP contribution in [0.2, 0.25) is 0 Å². The van der Waals surface area contributed by atoms with Crippen LogP contribution in [-0.2, 0) is 12.4 Å². The summed E-state index contributed by atoms with van der Waals surface area (Å²) < 4.78 is 78.9. The van der Waals surface area contributed by atoms with Gasteiger partial charge in [-0.15, -0.1) is 0 Å². The van der Waals surface area contributed by atoms with Gasteiger partial charge in [0.15, 0.2) is 17.0 Å². The summed E-state index contributed by atoms with van der Waals surface area (Å²) in [6.07, 6.45) is -7.43. The van der Waals surface area contributed by atoms with Crippen LogP contribution in [0.4, 0.5) is 55.4 Å². The van der Waals surface area contributed by atoms with Gasteiger partial charge in [0.05, 0.1) is 11.1 Å². The molecule has 0 aliphatic carbocycles. The van der Waals surface area contributed by atoms with Gasteiger partial charge in [0.25, 0.3) is 0 Å². The van der Waals surface area contributed by atoms with Crippen molar-refractivity contribution in [3.05, 3.63) is 59.7 Å². The van der Waals surface area contributed by atoms with Crippen LogP contribution in [0, 0.1) is 0 Å². The highest BCUT2D eigenvalue weighted by molar-refractivity contribution is 5.87. The molecule has 13 heteroatoms. The molecule has 0 saturated carbocycles. The first kappa shape index (κ1) is 27.0. The van der Waals surface area contributed by atoms with Crippen LogP contribution < -0.4 is 15.5 Å². The molecular formula is C25H25F6N7. The van der Waals surface area contributed by atoms with Gasteiger partial charge in [0, 0.05) is 24.5 Å². The van der Waals surface area contributed by atoms with Gasteiger partial charge >= 0.3 is 12.4 Å². The molecule has 2 heterocycles. The SMILES string of the molecule is CCCN(CCC)c1nc(Nc2cccc(C(F)(F)F)c2)nc2[nH]c(Nc3cccc(C(F)(F)F)c3)nc12. The fourth-order valence-corrected chi connectivity index (χ4v) is 3.90. The van der Waals surface area contributed by atoms with Crippen molar-refractivity contribution in [3.8, 4) is 0 Å². The number of aromatic nitrogens is 4. The summed E-state index contributed by atoms with van der Waals surface area (Å²) in [6.45, 7) is 5.25. The molecule has 0 spiro atoms. The number of benzene rings is 2. The molecule has 2 aromatic carbocycles. The Hall–Kier alpha value is -4.03. The van der Waals surface area contributed by atoms with Gasteiger partial charge in [-0.2, -0.15) is 36.3 Å². The van der Waals surface area contributed by atoms with Gasteiger partial charge in [-0.1, -0.05) is 26.0 Å². The maximum Gasteiger partial charge on any atom is 0.416 e. The highest BCUT2D eigenvalue weighted by Gasteiger charge is 2.31. The Morgan fingerprint density at radius 1 is 0.763 bits per heavy atom. The maximum atomic E-state index is 13.2. The second-order valence-corrected chi connectivity index (χ2v) is 8.55. The predicted octanol–water partition coefficient (Wildman–Crippen LogP) is 7.50. The molecule has 2 aromatic heterocycles. The first-order valence-corrected chi connectivity index (χ1v) is 11.9. The molecule has 0 radical (unpaired) electrons. The van der Waals surface area contributed by atoms with Crippen molar-refractivity contribution >= 4 is 40.3 Å². The van der Waals surface area contributed by atoms with Gasteiger partial charge < -0.3 is 20.5 Å². The summed E-state index contributed by atoms with van der Waals surface area (Å²) in [5.74, 6) is 0.624. The zero-order chi connectivity index (χ0) is 27.5. The minimum Gasteiger partial charge on any atom is -0.355 e. The summed E-state index contributed by atoms with van der Waals surface area (Å²) in [6, 6.07) is 9.33.